The predicted molar refractivity (Wildman–Crippen MR) is 262 cm³/mol. The van der Waals surface area contributed by atoms with Crippen molar-refractivity contribution < 1.29 is 72.6 Å². The van der Waals surface area contributed by atoms with Crippen molar-refractivity contribution in [3.05, 3.63) is 35.9 Å². The molecule has 0 spiro atoms. The van der Waals surface area contributed by atoms with E-state index in [9.17, 15) is 48.6 Å². The Labute approximate surface area is 423 Å². The standard InChI is InChI=1S/C33H50N4O9.C18H30N2O6/c1-32(2,3)46-31(43)36-23(16-12-18-38)28(40)37-19-22-25(33(22,4)5)26(37)27(39)35-24(29(41)44-6)15-10-11-17-34-30(42)45-20-21-13-8-7-9-14-21;1-17(2,3)26-16(25)19-11(7-6-8-21)14(22)20-9-10-12(18(10,4)5)13(20)15(23)24/h7-9,13-14,22-26,38H,10-12,15-20H2,1-6H3,(H,34,42)(H,35,39)(H,36,43);10-13,21H,6-9H2,1-5H3,(H,19,25)(H,23,24)/t22?,23-,24?,25-,26-;10?,11-,12-,13-/m00/s1. The number of likely N-dealkylation sites (tertiary alicyclic amines) is 2. The SMILES string of the molecule is CC(C)(C)OC(=O)N[C@@H](CCCO)C(=O)N1CC2[C@@H]([C@H]1C(=O)O)C2(C)C.COC(=O)C(CCCCNC(=O)OCc1ccccc1)NC(=O)[C@@H]1[C@@H]2C(CN1C(=O)[C@H](CCCO)NC(=O)OC(C)(C)C)C2(C)C. The molecule has 2 saturated heterocycles. The van der Waals surface area contributed by atoms with Gasteiger partial charge in [-0.3, -0.25) is 14.4 Å². The Morgan fingerprint density at radius 3 is 1.56 bits per heavy atom. The Kier molecular flexibility index (Phi) is 20.3. The van der Waals surface area contributed by atoms with E-state index in [1.54, 1.807) is 41.5 Å². The lowest BCUT2D eigenvalue weighted by molar-refractivity contribution is -0.151. The zero-order chi connectivity index (χ0) is 53.9. The number of rotatable bonds is 21. The van der Waals surface area contributed by atoms with Gasteiger partial charge in [-0.15, -0.1) is 0 Å². The molecule has 4 aliphatic rings. The molecule has 0 aromatic heterocycles. The number of hydrogen-bond donors (Lipinski definition) is 7. The molecule has 0 radical (unpaired) electrons. The van der Waals surface area contributed by atoms with Gasteiger partial charge >= 0.3 is 30.2 Å². The lowest BCUT2D eigenvalue weighted by Gasteiger charge is -2.34. The number of fused-ring (bicyclic) bond motifs is 2. The number of methoxy groups -OCH3 is 1. The average molecular weight is 1020 g/mol. The van der Waals surface area contributed by atoms with Gasteiger partial charge < -0.3 is 65.3 Å². The first-order chi connectivity index (χ1) is 33.6. The minimum absolute atomic E-state index is 0.0658. The van der Waals surface area contributed by atoms with E-state index >= 15 is 0 Å². The number of unbranched alkanes of at least 4 members (excludes halogenated alkanes) is 1. The number of hydrogen-bond acceptors (Lipinski definition) is 14. The fourth-order valence-electron chi connectivity index (χ4n) is 10.1. The summed E-state index contributed by atoms with van der Waals surface area (Å²) in [5.74, 6) is -2.92. The highest BCUT2D eigenvalue weighted by molar-refractivity contribution is 5.95. The molecule has 9 atom stereocenters. The number of esters is 1. The number of piperidine rings is 2. The summed E-state index contributed by atoms with van der Waals surface area (Å²) in [5, 5.41) is 38.7. The number of carboxylic acids is 1. The van der Waals surface area contributed by atoms with Crippen LogP contribution in [0.15, 0.2) is 30.3 Å². The lowest BCUT2D eigenvalue weighted by atomic mass is 9.98. The molecule has 2 heterocycles. The molecule has 1 aromatic rings. The van der Waals surface area contributed by atoms with Gasteiger partial charge in [-0.25, -0.2) is 24.0 Å². The number of carbonyl (C=O) groups is 8. The van der Waals surface area contributed by atoms with Crippen LogP contribution in [-0.2, 0) is 49.5 Å². The molecule has 3 unspecified atom stereocenters. The van der Waals surface area contributed by atoms with E-state index in [0.29, 0.717) is 38.9 Å². The fraction of sp³-hybridized carbons (Fsp3) is 0.725. The van der Waals surface area contributed by atoms with E-state index in [4.69, 9.17) is 24.1 Å². The van der Waals surface area contributed by atoms with Crippen LogP contribution in [0.25, 0.3) is 0 Å². The number of nitrogens with one attached hydrogen (secondary N) is 4. The summed E-state index contributed by atoms with van der Waals surface area (Å²) in [5.41, 5.74) is -0.880. The number of carbonyl (C=O) groups excluding carboxylic acids is 7. The van der Waals surface area contributed by atoms with E-state index in [0.717, 1.165) is 5.56 Å². The van der Waals surface area contributed by atoms with E-state index < -0.39 is 89.4 Å². The fourth-order valence-corrected chi connectivity index (χ4v) is 10.1. The number of nitrogens with zero attached hydrogens (tertiary/aromatic N) is 2. The molecule has 0 bridgehead atoms. The first kappa shape index (κ1) is 58.9. The van der Waals surface area contributed by atoms with Crippen LogP contribution < -0.4 is 21.3 Å². The zero-order valence-electron chi connectivity index (χ0n) is 43.9. The summed E-state index contributed by atoms with van der Waals surface area (Å²) in [7, 11) is 1.24. The summed E-state index contributed by atoms with van der Waals surface area (Å²) in [6.07, 6.45) is 0.196. The predicted octanol–water partition coefficient (Wildman–Crippen LogP) is 4.11. The van der Waals surface area contributed by atoms with E-state index in [1.807, 2.05) is 58.0 Å². The van der Waals surface area contributed by atoms with Gasteiger partial charge in [-0.05, 0) is 121 Å². The van der Waals surface area contributed by atoms with Crippen LogP contribution in [0.1, 0.15) is 120 Å². The number of aliphatic hydroxyl groups is 2. The van der Waals surface area contributed by atoms with Crippen molar-refractivity contribution in [2.24, 2.45) is 34.5 Å². The minimum Gasteiger partial charge on any atom is -0.480 e. The summed E-state index contributed by atoms with van der Waals surface area (Å²) in [4.78, 5) is 104. The first-order valence-electron chi connectivity index (χ1n) is 25.0. The molecule has 4 fully saturated rings. The summed E-state index contributed by atoms with van der Waals surface area (Å²) in [6.45, 7) is 19.3. The molecular formula is C51H80N6O15. The molecule has 21 heteroatoms. The largest absolute Gasteiger partial charge is 0.480 e. The van der Waals surface area contributed by atoms with Crippen molar-refractivity contribution in [2.45, 2.75) is 162 Å². The molecule has 72 heavy (non-hydrogen) atoms. The molecule has 1 aromatic carbocycles. The van der Waals surface area contributed by atoms with Crippen LogP contribution in [0.3, 0.4) is 0 Å². The van der Waals surface area contributed by atoms with Crippen molar-refractivity contribution in [2.75, 3.05) is 40.0 Å². The first-order valence-corrected chi connectivity index (χ1v) is 25.0. The third-order valence-corrected chi connectivity index (χ3v) is 14.0. The van der Waals surface area contributed by atoms with Crippen molar-refractivity contribution in [3.63, 3.8) is 0 Å². The van der Waals surface area contributed by atoms with Crippen LogP contribution >= 0.6 is 0 Å². The molecule has 404 valence electrons. The maximum absolute atomic E-state index is 13.8. The van der Waals surface area contributed by atoms with Crippen molar-refractivity contribution in [1.29, 1.82) is 0 Å². The third kappa shape index (κ3) is 15.9. The molecule has 2 aliphatic heterocycles. The van der Waals surface area contributed by atoms with Gasteiger partial charge in [0.2, 0.25) is 17.7 Å². The maximum Gasteiger partial charge on any atom is 0.408 e. The number of ether oxygens (including phenoxy) is 4. The lowest BCUT2D eigenvalue weighted by Crippen LogP contribution is -2.57. The monoisotopic (exact) mass is 1020 g/mol. The number of aliphatic carboxylic acids is 1. The van der Waals surface area contributed by atoms with Gasteiger partial charge in [-0.2, -0.15) is 0 Å². The second-order valence-corrected chi connectivity index (χ2v) is 22.3. The molecule has 21 nitrogen and oxygen atoms in total. The number of amides is 6. The Bertz CT molecular complexity index is 2070. The smallest absolute Gasteiger partial charge is 0.408 e. The number of aliphatic hydroxyl groups excluding tert-OH is 2. The van der Waals surface area contributed by atoms with Gasteiger partial charge in [0.25, 0.3) is 0 Å². The zero-order valence-corrected chi connectivity index (χ0v) is 43.9. The van der Waals surface area contributed by atoms with Gasteiger partial charge in [0.15, 0.2) is 0 Å². The molecule has 6 amide bonds. The highest BCUT2D eigenvalue weighted by atomic mass is 16.6. The highest BCUT2D eigenvalue weighted by Crippen LogP contribution is 2.65. The molecule has 2 aliphatic carbocycles. The van der Waals surface area contributed by atoms with Crippen LogP contribution in [0, 0.1) is 34.5 Å². The van der Waals surface area contributed by atoms with Crippen LogP contribution in [0.5, 0.6) is 0 Å². The number of carboxylic acid groups (broad SMARTS) is 1. The van der Waals surface area contributed by atoms with Crippen molar-refractivity contribution in [1.82, 2.24) is 31.1 Å². The van der Waals surface area contributed by atoms with E-state index in [1.165, 1.54) is 16.9 Å². The third-order valence-electron chi connectivity index (χ3n) is 14.0. The number of alkyl carbamates (subject to hydrolysis) is 3. The minimum atomic E-state index is -1.02. The Balaban J connectivity index is 0.000000365. The molecule has 2 saturated carbocycles. The highest BCUT2D eigenvalue weighted by Gasteiger charge is 2.71. The van der Waals surface area contributed by atoms with Gasteiger partial charge in [0.1, 0.15) is 48.0 Å². The average Bonchev–Trinajstić information content (AvgIpc) is 3.73. The van der Waals surface area contributed by atoms with Crippen molar-refractivity contribution in [3.8, 4) is 0 Å². The second-order valence-electron chi connectivity index (χ2n) is 22.3. The number of benzene rings is 1. The molecule has 7 N–H and O–H groups in total. The van der Waals surface area contributed by atoms with Crippen molar-refractivity contribution >= 4 is 47.9 Å². The normalized spacial score (nSPS) is 23.2. The maximum atomic E-state index is 13.8. The Morgan fingerprint density at radius 2 is 1.11 bits per heavy atom. The van der Waals surface area contributed by atoms with Crippen LogP contribution in [-0.4, -0.2) is 154 Å². The Morgan fingerprint density at radius 1 is 0.653 bits per heavy atom. The van der Waals surface area contributed by atoms with Gasteiger partial charge in [0, 0.05) is 38.8 Å². The molecular weight excluding hydrogens is 937 g/mol. The summed E-state index contributed by atoms with van der Waals surface area (Å²) >= 11 is 0. The second kappa shape index (κ2) is 24.8. The van der Waals surface area contributed by atoms with E-state index in [2.05, 4.69) is 21.3 Å². The van der Waals surface area contributed by atoms with Gasteiger partial charge in [0.05, 0.1) is 7.11 Å². The Hall–Kier alpha value is -5.70. The molecule has 5 rings (SSSR count). The quantitative estimate of drug-likeness (QED) is 0.0518. The summed E-state index contributed by atoms with van der Waals surface area (Å²) < 4.78 is 20.7. The summed E-state index contributed by atoms with van der Waals surface area (Å²) in [6, 6.07) is 4.72. The van der Waals surface area contributed by atoms with E-state index in [-0.39, 0.29) is 80.0 Å². The topological polar surface area (TPSA) is 289 Å². The van der Waals surface area contributed by atoms with Crippen LogP contribution in [0.4, 0.5) is 14.4 Å². The van der Waals surface area contributed by atoms with Gasteiger partial charge in [-0.1, -0.05) is 58.0 Å². The van der Waals surface area contributed by atoms with Crippen LogP contribution in [0.2, 0.25) is 0 Å².